The summed E-state index contributed by atoms with van der Waals surface area (Å²) in [6.07, 6.45) is 3.62. The summed E-state index contributed by atoms with van der Waals surface area (Å²) in [6, 6.07) is 0. The fourth-order valence-corrected chi connectivity index (χ4v) is 2.39. The first-order chi connectivity index (χ1) is 7.95. The summed E-state index contributed by atoms with van der Waals surface area (Å²) < 4.78 is 5.25. The van der Waals surface area contributed by atoms with Gasteiger partial charge in [0.25, 0.3) is 0 Å². The normalized spacial score (nSPS) is 22.6. The van der Waals surface area contributed by atoms with Crippen molar-refractivity contribution < 1.29 is 4.74 Å². The molecule has 0 amide bonds. The molecule has 0 aromatic carbocycles. The van der Waals surface area contributed by atoms with Crippen LogP contribution in [-0.2, 0) is 4.74 Å². The van der Waals surface area contributed by atoms with Crippen molar-refractivity contribution in [2.24, 2.45) is 17.1 Å². The molecular formula is C13H26N2OS. The number of likely N-dealkylation sites (tertiary alicyclic amines) is 1. The highest BCUT2D eigenvalue weighted by molar-refractivity contribution is 7.80. The fourth-order valence-electron chi connectivity index (χ4n) is 2.29. The quantitative estimate of drug-likeness (QED) is 0.740. The van der Waals surface area contributed by atoms with Crippen molar-refractivity contribution in [1.29, 1.82) is 0 Å². The standard InChI is InChI=1S/C13H26N2OS/c1-13(2,12(14)17)6-8-15-7-4-5-11(9-15)10-16-3/h11H,4-10H2,1-3H3,(H2,14,17). The number of hydrogen-bond acceptors (Lipinski definition) is 3. The second kappa shape index (κ2) is 6.66. The molecule has 0 saturated carbocycles. The highest BCUT2D eigenvalue weighted by Crippen LogP contribution is 2.23. The van der Waals surface area contributed by atoms with Crippen molar-refractivity contribution in [3.63, 3.8) is 0 Å². The van der Waals surface area contributed by atoms with Crippen molar-refractivity contribution in [2.45, 2.75) is 33.1 Å². The van der Waals surface area contributed by atoms with Crippen molar-refractivity contribution in [2.75, 3.05) is 33.4 Å². The summed E-state index contributed by atoms with van der Waals surface area (Å²) in [5.41, 5.74) is 5.73. The largest absolute Gasteiger partial charge is 0.393 e. The molecule has 2 N–H and O–H groups in total. The van der Waals surface area contributed by atoms with Crippen molar-refractivity contribution in [1.82, 2.24) is 4.90 Å². The second-order valence-electron chi connectivity index (χ2n) is 5.76. The van der Waals surface area contributed by atoms with Crippen LogP contribution in [0.2, 0.25) is 0 Å². The summed E-state index contributed by atoms with van der Waals surface area (Å²) in [4.78, 5) is 3.15. The number of thiocarbonyl (C=S) groups is 1. The van der Waals surface area contributed by atoms with Crippen LogP contribution in [-0.4, -0.2) is 43.2 Å². The van der Waals surface area contributed by atoms with Gasteiger partial charge < -0.3 is 15.4 Å². The number of hydrogen-bond donors (Lipinski definition) is 1. The Bertz CT molecular complexity index is 254. The van der Waals surface area contributed by atoms with E-state index in [1.165, 1.54) is 19.4 Å². The maximum absolute atomic E-state index is 5.75. The summed E-state index contributed by atoms with van der Waals surface area (Å²) in [5, 5.41) is 0. The lowest BCUT2D eigenvalue weighted by atomic mass is 9.88. The van der Waals surface area contributed by atoms with Crippen LogP contribution in [0.1, 0.15) is 33.1 Å². The zero-order valence-electron chi connectivity index (χ0n) is 11.4. The first kappa shape index (κ1) is 14.9. The Morgan fingerprint density at radius 1 is 1.53 bits per heavy atom. The fraction of sp³-hybridized carbons (Fsp3) is 0.923. The van der Waals surface area contributed by atoms with Gasteiger partial charge in [-0.3, -0.25) is 0 Å². The van der Waals surface area contributed by atoms with E-state index in [2.05, 4.69) is 18.7 Å². The van der Waals surface area contributed by atoms with E-state index in [1.54, 1.807) is 7.11 Å². The van der Waals surface area contributed by atoms with Gasteiger partial charge in [0, 0.05) is 19.1 Å². The summed E-state index contributed by atoms with van der Waals surface area (Å²) in [5.74, 6) is 0.696. The highest BCUT2D eigenvalue weighted by Gasteiger charge is 2.25. The van der Waals surface area contributed by atoms with Crippen molar-refractivity contribution >= 4 is 17.2 Å². The van der Waals surface area contributed by atoms with E-state index in [9.17, 15) is 0 Å². The van der Waals surface area contributed by atoms with Gasteiger partial charge in [-0.25, -0.2) is 0 Å². The minimum atomic E-state index is -0.0243. The van der Waals surface area contributed by atoms with Gasteiger partial charge in [-0.05, 0) is 38.3 Å². The maximum Gasteiger partial charge on any atom is 0.0784 e. The van der Waals surface area contributed by atoms with Gasteiger partial charge in [-0.15, -0.1) is 0 Å². The van der Waals surface area contributed by atoms with Gasteiger partial charge in [-0.2, -0.15) is 0 Å². The van der Waals surface area contributed by atoms with Crippen molar-refractivity contribution in [3.05, 3.63) is 0 Å². The summed E-state index contributed by atoms with van der Waals surface area (Å²) >= 11 is 5.10. The zero-order valence-corrected chi connectivity index (χ0v) is 12.2. The molecule has 0 aromatic heterocycles. The number of nitrogens with two attached hydrogens (primary N) is 1. The van der Waals surface area contributed by atoms with E-state index in [1.807, 2.05) is 0 Å². The van der Waals surface area contributed by atoms with E-state index >= 15 is 0 Å². The third-order valence-electron chi connectivity index (χ3n) is 3.73. The third-order valence-corrected chi connectivity index (χ3v) is 4.28. The van der Waals surface area contributed by atoms with Crippen LogP contribution in [0, 0.1) is 11.3 Å². The molecule has 1 atom stereocenters. The van der Waals surface area contributed by atoms with Crippen LogP contribution >= 0.6 is 12.2 Å². The summed E-state index contributed by atoms with van der Waals surface area (Å²) in [7, 11) is 1.79. The van der Waals surface area contributed by atoms with E-state index < -0.39 is 0 Å². The highest BCUT2D eigenvalue weighted by atomic mass is 32.1. The Morgan fingerprint density at radius 2 is 2.24 bits per heavy atom. The molecule has 17 heavy (non-hydrogen) atoms. The van der Waals surface area contributed by atoms with Gasteiger partial charge in [0.1, 0.15) is 0 Å². The summed E-state index contributed by atoms with van der Waals surface area (Å²) in [6.45, 7) is 8.59. The second-order valence-corrected chi connectivity index (χ2v) is 6.20. The minimum Gasteiger partial charge on any atom is -0.393 e. The van der Waals surface area contributed by atoms with E-state index in [0.717, 1.165) is 26.1 Å². The monoisotopic (exact) mass is 258 g/mol. The van der Waals surface area contributed by atoms with Crippen LogP contribution in [0.5, 0.6) is 0 Å². The number of methoxy groups -OCH3 is 1. The van der Waals surface area contributed by atoms with Gasteiger partial charge in [0.2, 0.25) is 0 Å². The van der Waals surface area contributed by atoms with E-state index in [0.29, 0.717) is 10.9 Å². The molecule has 4 heteroatoms. The average Bonchev–Trinajstić information content (AvgIpc) is 2.27. The molecule has 1 saturated heterocycles. The van der Waals surface area contributed by atoms with Crippen LogP contribution in [0.4, 0.5) is 0 Å². The number of piperidine rings is 1. The molecule has 100 valence electrons. The lowest BCUT2D eigenvalue weighted by Crippen LogP contribution is -2.40. The molecule has 0 radical (unpaired) electrons. The Hall–Kier alpha value is -0.190. The smallest absolute Gasteiger partial charge is 0.0784 e. The van der Waals surface area contributed by atoms with Crippen LogP contribution in [0.15, 0.2) is 0 Å². The molecule has 1 heterocycles. The van der Waals surface area contributed by atoms with Crippen molar-refractivity contribution in [3.8, 4) is 0 Å². The van der Waals surface area contributed by atoms with Crippen LogP contribution < -0.4 is 5.73 Å². The molecule has 0 bridgehead atoms. The minimum absolute atomic E-state index is 0.0243. The van der Waals surface area contributed by atoms with Gasteiger partial charge in [0.15, 0.2) is 0 Å². The first-order valence-electron chi connectivity index (χ1n) is 6.47. The van der Waals surface area contributed by atoms with Crippen LogP contribution in [0.25, 0.3) is 0 Å². The molecular weight excluding hydrogens is 232 g/mol. The van der Waals surface area contributed by atoms with E-state index in [-0.39, 0.29) is 5.41 Å². The van der Waals surface area contributed by atoms with Gasteiger partial charge in [-0.1, -0.05) is 26.1 Å². The molecule has 1 aliphatic rings. The lowest BCUT2D eigenvalue weighted by Gasteiger charge is -2.34. The molecule has 1 rings (SSSR count). The van der Waals surface area contributed by atoms with Crippen LogP contribution in [0.3, 0.4) is 0 Å². The Morgan fingerprint density at radius 3 is 2.82 bits per heavy atom. The molecule has 1 fully saturated rings. The Labute approximate surface area is 111 Å². The average molecular weight is 258 g/mol. The number of ether oxygens (including phenoxy) is 1. The topological polar surface area (TPSA) is 38.5 Å². The zero-order chi connectivity index (χ0) is 12.9. The SMILES string of the molecule is COCC1CCCN(CCC(C)(C)C(N)=S)C1. The maximum atomic E-state index is 5.75. The van der Waals surface area contributed by atoms with Gasteiger partial charge >= 0.3 is 0 Å². The first-order valence-corrected chi connectivity index (χ1v) is 6.87. The number of nitrogens with zero attached hydrogens (tertiary/aromatic N) is 1. The molecule has 0 spiro atoms. The Kier molecular flexibility index (Phi) is 5.83. The Balaban J connectivity index is 2.34. The van der Waals surface area contributed by atoms with E-state index in [4.69, 9.17) is 22.7 Å². The molecule has 1 aliphatic heterocycles. The lowest BCUT2D eigenvalue weighted by molar-refractivity contribution is 0.0871. The molecule has 3 nitrogen and oxygen atoms in total. The molecule has 0 aliphatic carbocycles. The van der Waals surface area contributed by atoms with Gasteiger partial charge in [0.05, 0.1) is 11.6 Å². The number of rotatable bonds is 6. The predicted molar refractivity (Wildman–Crippen MR) is 76.2 cm³/mol. The predicted octanol–water partition coefficient (Wildman–Crippen LogP) is 2.05. The molecule has 1 unspecified atom stereocenters. The molecule has 0 aromatic rings. The third kappa shape index (κ3) is 4.90.